The van der Waals surface area contributed by atoms with E-state index in [-0.39, 0.29) is 29.5 Å². The third kappa shape index (κ3) is 5.17. The summed E-state index contributed by atoms with van der Waals surface area (Å²) in [5.41, 5.74) is 0.978. The average molecular weight is 443 g/mol. The second-order valence-electron chi connectivity index (χ2n) is 5.78. The van der Waals surface area contributed by atoms with Gasteiger partial charge in [-0.25, -0.2) is 4.39 Å². The molecule has 142 valence electrons. The molecule has 0 bridgehead atoms. The van der Waals surface area contributed by atoms with E-state index in [1.807, 2.05) is 18.2 Å². The first-order valence-electron chi connectivity index (χ1n) is 8.36. The number of nitrogens with one attached hydrogen (secondary N) is 2. The molecule has 0 spiro atoms. The Labute approximate surface area is 169 Å². The summed E-state index contributed by atoms with van der Waals surface area (Å²) in [6.45, 7) is -0.370. The summed E-state index contributed by atoms with van der Waals surface area (Å²) in [6.07, 6.45) is 0. The van der Waals surface area contributed by atoms with Crippen molar-refractivity contribution >= 4 is 39.1 Å². The molecule has 0 atom stereocenters. The van der Waals surface area contributed by atoms with Crippen molar-refractivity contribution in [3.05, 3.63) is 88.6 Å². The quantitative estimate of drug-likeness (QED) is 0.572. The van der Waals surface area contributed by atoms with Gasteiger partial charge in [-0.3, -0.25) is 9.59 Å². The van der Waals surface area contributed by atoms with Gasteiger partial charge in [0.05, 0.1) is 11.3 Å². The van der Waals surface area contributed by atoms with Crippen LogP contribution in [0.4, 0.5) is 15.8 Å². The Bertz CT molecular complexity index is 996. The first-order valence-corrected chi connectivity index (χ1v) is 9.15. The Morgan fingerprint density at radius 1 is 0.929 bits per heavy atom. The number of carbonyl (C=O) groups excluding carboxylic acids is 2. The number of anilines is 2. The predicted molar refractivity (Wildman–Crippen MR) is 109 cm³/mol. The van der Waals surface area contributed by atoms with Crippen molar-refractivity contribution in [1.82, 2.24) is 0 Å². The minimum atomic E-state index is -0.564. The number of hydrogen-bond donors (Lipinski definition) is 2. The minimum Gasteiger partial charge on any atom is -0.483 e. The van der Waals surface area contributed by atoms with Crippen molar-refractivity contribution in [3.63, 3.8) is 0 Å². The lowest BCUT2D eigenvalue weighted by atomic mass is 10.2. The summed E-state index contributed by atoms with van der Waals surface area (Å²) in [5.74, 6) is -1.21. The van der Waals surface area contributed by atoms with E-state index >= 15 is 0 Å². The van der Waals surface area contributed by atoms with Crippen molar-refractivity contribution in [2.45, 2.75) is 0 Å². The number of rotatable bonds is 6. The lowest BCUT2D eigenvalue weighted by Crippen LogP contribution is -2.22. The summed E-state index contributed by atoms with van der Waals surface area (Å²) in [7, 11) is 0. The molecular formula is C21H16BrFN2O3. The molecule has 0 unspecified atom stereocenters. The fourth-order valence-corrected chi connectivity index (χ4v) is 2.75. The summed E-state index contributed by atoms with van der Waals surface area (Å²) >= 11 is 3.15. The lowest BCUT2D eigenvalue weighted by Gasteiger charge is -2.12. The molecule has 5 nitrogen and oxygen atoms in total. The number of ether oxygens (including phenoxy) is 1. The van der Waals surface area contributed by atoms with E-state index in [1.165, 1.54) is 12.1 Å². The minimum absolute atomic E-state index is 0.0481. The first kappa shape index (κ1) is 19.6. The Hall–Kier alpha value is -3.19. The van der Waals surface area contributed by atoms with Crippen LogP contribution >= 0.6 is 15.9 Å². The summed E-state index contributed by atoms with van der Waals surface area (Å²) in [4.78, 5) is 24.6. The van der Waals surface area contributed by atoms with Crippen LogP contribution in [0, 0.1) is 5.82 Å². The van der Waals surface area contributed by atoms with Crippen molar-refractivity contribution in [3.8, 4) is 5.75 Å². The Morgan fingerprint density at radius 3 is 2.39 bits per heavy atom. The molecule has 0 aliphatic rings. The number of halogens is 2. The zero-order valence-corrected chi connectivity index (χ0v) is 16.2. The molecule has 0 radical (unpaired) electrons. The molecule has 0 aliphatic carbocycles. The molecule has 7 heteroatoms. The molecule has 0 aromatic heterocycles. The van der Waals surface area contributed by atoms with E-state index in [4.69, 9.17) is 4.74 Å². The molecular weight excluding hydrogens is 427 g/mol. The third-order valence-corrected chi connectivity index (χ3v) is 4.22. The van der Waals surface area contributed by atoms with Crippen molar-refractivity contribution < 1.29 is 18.7 Å². The fraction of sp³-hybridized carbons (Fsp3) is 0.0476. The van der Waals surface area contributed by atoms with E-state index in [0.717, 1.165) is 0 Å². The number of carbonyl (C=O) groups is 2. The Balaban J connectivity index is 1.64. The highest BCUT2D eigenvalue weighted by molar-refractivity contribution is 9.10. The van der Waals surface area contributed by atoms with Gasteiger partial charge in [-0.15, -0.1) is 0 Å². The Morgan fingerprint density at radius 2 is 1.64 bits per heavy atom. The van der Waals surface area contributed by atoms with Crippen LogP contribution in [0.15, 0.2) is 77.3 Å². The van der Waals surface area contributed by atoms with Crippen LogP contribution in [0.25, 0.3) is 0 Å². The van der Waals surface area contributed by atoms with Gasteiger partial charge in [0.25, 0.3) is 11.8 Å². The maximum absolute atomic E-state index is 13.8. The first-order chi connectivity index (χ1) is 13.5. The van der Waals surface area contributed by atoms with Crippen molar-refractivity contribution in [2.24, 2.45) is 0 Å². The largest absolute Gasteiger partial charge is 0.483 e. The fourth-order valence-electron chi connectivity index (χ4n) is 2.42. The van der Waals surface area contributed by atoms with Crippen LogP contribution < -0.4 is 15.4 Å². The number of hydrogen-bond acceptors (Lipinski definition) is 3. The summed E-state index contributed by atoms with van der Waals surface area (Å²) in [5, 5.41) is 5.20. The van der Waals surface area contributed by atoms with Crippen LogP contribution in [0.2, 0.25) is 0 Å². The highest BCUT2D eigenvalue weighted by atomic mass is 79.9. The highest BCUT2D eigenvalue weighted by Crippen LogP contribution is 2.21. The van der Waals surface area contributed by atoms with Gasteiger partial charge in [0.1, 0.15) is 11.6 Å². The lowest BCUT2D eigenvalue weighted by molar-refractivity contribution is -0.118. The average Bonchev–Trinajstić information content (AvgIpc) is 2.69. The molecule has 3 aromatic carbocycles. The summed E-state index contributed by atoms with van der Waals surface area (Å²) < 4.78 is 19.9. The second-order valence-corrected chi connectivity index (χ2v) is 6.69. The molecule has 0 saturated heterocycles. The standard InChI is InChI=1S/C21H16BrFN2O3/c22-14-10-11-18(17(23)12-14)25-20(26)13-28-19-9-5-4-8-16(19)21(27)24-15-6-2-1-3-7-15/h1-12H,13H2,(H,24,27)(H,25,26). The van der Waals surface area contributed by atoms with Crippen LogP contribution in [0.5, 0.6) is 5.75 Å². The van der Waals surface area contributed by atoms with E-state index in [0.29, 0.717) is 10.2 Å². The SMILES string of the molecule is O=C(COc1ccccc1C(=O)Nc1ccccc1)Nc1ccc(Br)cc1F. The third-order valence-electron chi connectivity index (χ3n) is 3.73. The molecule has 2 N–H and O–H groups in total. The van der Waals surface area contributed by atoms with Crippen molar-refractivity contribution in [1.29, 1.82) is 0 Å². The van der Waals surface area contributed by atoms with Gasteiger partial charge in [-0.2, -0.15) is 0 Å². The van der Waals surface area contributed by atoms with Gasteiger partial charge in [0.15, 0.2) is 6.61 Å². The van der Waals surface area contributed by atoms with Gasteiger partial charge in [-0.05, 0) is 42.5 Å². The normalized spacial score (nSPS) is 10.2. The van der Waals surface area contributed by atoms with Gasteiger partial charge in [0.2, 0.25) is 0 Å². The van der Waals surface area contributed by atoms with Crippen molar-refractivity contribution in [2.75, 3.05) is 17.2 Å². The van der Waals surface area contributed by atoms with Crippen LogP contribution in [0.1, 0.15) is 10.4 Å². The highest BCUT2D eigenvalue weighted by Gasteiger charge is 2.14. The molecule has 3 rings (SSSR count). The molecule has 2 amide bonds. The topological polar surface area (TPSA) is 67.4 Å². The van der Waals surface area contributed by atoms with Gasteiger partial charge < -0.3 is 15.4 Å². The van der Waals surface area contributed by atoms with E-state index in [1.54, 1.807) is 42.5 Å². The number of benzene rings is 3. The van der Waals surface area contributed by atoms with Gasteiger partial charge in [0, 0.05) is 10.2 Å². The molecule has 28 heavy (non-hydrogen) atoms. The number of amides is 2. The van der Waals surface area contributed by atoms with E-state index in [9.17, 15) is 14.0 Å². The molecule has 0 aliphatic heterocycles. The molecule has 0 heterocycles. The maximum atomic E-state index is 13.8. The van der Waals surface area contributed by atoms with E-state index < -0.39 is 11.7 Å². The molecule has 0 saturated carbocycles. The predicted octanol–water partition coefficient (Wildman–Crippen LogP) is 4.86. The van der Waals surface area contributed by atoms with Crippen LogP contribution in [-0.4, -0.2) is 18.4 Å². The second kappa shape index (κ2) is 9.14. The molecule has 3 aromatic rings. The Kier molecular flexibility index (Phi) is 6.39. The summed E-state index contributed by atoms with van der Waals surface area (Å²) in [6, 6.07) is 19.9. The monoisotopic (exact) mass is 442 g/mol. The van der Waals surface area contributed by atoms with Crippen LogP contribution in [-0.2, 0) is 4.79 Å². The number of para-hydroxylation sites is 2. The molecule has 0 fully saturated rings. The van der Waals surface area contributed by atoms with Crippen LogP contribution in [0.3, 0.4) is 0 Å². The van der Waals surface area contributed by atoms with E-state index in [2.05, 4.69) is 26.6 Å². The van der Waals surface area contributed by atoms with Gasteiger partial charge >= 0.3 is 0 Å². The maximum Gasteiger partial charge on any atom is 0.262 e. The smallest absolute Gasteiger partial charge is 0.262 e. The zero-order chi connectivity index (χ0) is 19.9. The van der Waals surface area contributed by atoms with Gasteiger partial charge in [-0.1, -0.05) is 46.3 Å². The zero-order valence-electron chi connectivity index (χ0n) is 14.6.